The minimum atomic E-state index is -0.394. The third-order valence-corrected chi connectivity index (χ3v) is 2.73. The van der Waals surface area contributed by atoms with E-state index in [1.807, 2.05) is 0 Å². The average molecular weight is 274 g/mol. The molecule has 0 saturated heterocycles. The van der Waals surface area contributed by atoms with E-state index in [4.69, 9.17) is 5.73 Å². The van der Waals surface area contributed by atoms with Crippen molar-refractivity contribution in [1.82, 2.24) is 4.98 Å². The molecule has 0 aliphatic rings. The number of likely N-dealkylation sites (N-methyl/N-ethyl adjacent to an activating group) is 1. The number of carbonyl (C=O) groups is 1. The Morgan fingerprint density at radius 1 is 1.45 bits per heavy atom. The number of anilines is 3. The number of nitrogens with two attached hydrogens (primary N) is 1. The Balaban J connectivity index is 2.00. The molecule has 5 nitrogen and oxygen atoms in total. The summed E-state index contributed by atoms with van der Waals surface area (Å²) < 4.78 is 13.0. The fourth-order valence-electron chi connectivity index (χ4n) is 1.81. The van der Waals surface area contributed by atoms with Crippen LogP contribution in [-0.4, -0.2) is 24.5 Å². The van der Waals surface area contributed by atoms with Gasteiger partial charge < -0.3 is 16.0 Å². The molecule has 0 saturated carbocycles. The number of benzene rings is 1. The van der Waals surface area contributed by atoms with Gasteiger partial charge in [0.15, 0.2) is 0 Å². The Labute approximate surface area is 116 Å². The number of pyridine rings is 1. The molecule has 0 aliphatic heterocycles. The Morgan fingerprint density at radius 3 is 2.95 bits per heavy atom. The second-order valence-corrected chi connectivity index (χ2v) is 4.35. The second-order valence-electron chi connectivity index (χ2n) is 4.35. The van der Waals surface area contributed by atoms with Crippen molar-refractivity contribution in [3.05, 3.63) is 48.5 Å². The molecular formula is C14H15FN4O. The third-order valence-electron chi connectivity index (χ3n) is 2.73. The standard InChI is InChI=1S/C14H15FN4O/c1-19(13-5-6-17-8-12(13)16)9-14(20)18-11-4-2-3-10(15)7-11/h2-8H,9,16H2,1H3,(H,18,20). The van der Waals surface area contributed by atoms with Crippen molar-refractivity contribution in [3.63, 3.8) is 0 Å². The van der Waals surface area contributed by atoms with E-state index in [0.29, 0.717) is 11.4 Å². The predicted octanol–water partition coefficient (Wildman–Crippen LogP) is 1.88. The molecule has 0 unspecified atom stereocenters. The van der Waals surface area contributed by atoms with E-state index in [0.717, 1.165) is 5.69 Å². The zero-order chi connectivity index (χ0) is 14.5. The van der Waals surface area contributed by atoms with Crippen LogP contribution in [0.4, 0.5) is 21.5 Å². The fourth-order valence-corrected chi connectivity index (χ4v) is 1.81. The van der Waals surface area contributed by atoms with Crippen LogP contribution >= 0.6 is 0 Å². The van der Waals surface area contributed by atoms with Gasteiger partial charge in [0.25, 0.3) is 0 Å². The number of hydrogen-bond acceptors (Lipinski definition) is 4. The van der Waals surface area contributed by atoms with E-state index < -0.39 is 5.82 Å². The van der Waals surface area contributed by atoms with Crippen molar-refractivity contribution < 1.29 is 9.18 Å². The number of rotatable bonds is 4. The van der Waals surface area contributed by atoms with Crippen LogP contribution in [0.25, 0.3) is 0 Å². The van der Waals surface area contributed by atoms with Crippen LogP contribution in [0, 0.1) is 5.82 Å². The van der Waals surface area contributed by atoms with Crippen LogP contribution in [-0.2, 0) is 4.79 Å². The Bertz CT molecular complexity index is 618. The molecule has 0 bridgehead atoms. The highest BCUT2D eigenvalue weighted by molar-refractivity contribution is 5.94. The molecule has 1 aromatic carbocycles. The lowest BCUT2D eigenvalue weighted by molar-refractivity contribution is -0.114. The van der Waals surface area contributed by atoms with Crippen molar-refractivity contribution in [2.45, 2.75) is 0 Å². The van der Waals surface area contributed by atoms with Gasteiger partial charge in [-0.05, 0) is 24.3 Å². The van der Waals surface area contributed by atoms with E-state index in [9.17, 15) is 9.18 Å². The second kappa shape index (κ2) is 6.01. The van der Waals surface area contributed by atoms with Gasteiger partial charge in [-0.15, -0.1) is 0 Å². The van der Waals surface area contributed by atoms with Crippen molar-refractivity contribution in [2.75, 3.05) is 29.5 Å². The molecule has 0 spiro atoms. The van der Waals surface area contributed by atoms with E-state index in [2.05, 4.69) is 10.3 Å². The average Bonchev–Trinajstić information content (AvgIpc) is 2.38. The SMILES string of the molecule is CN(CC(=O)Nc1cccc(F)c1)c1ccncc1N. The van der Waals surface area contributed by atoms with Gasteiger partial charge in [-0.1, -0.05) is 6.07 Å². The van der Waals surface area contributed by atoms with Gasteiger partial charge in [0, 0.05) is 18.9 Å². The van der Waals surface area contributed by atoms with Gasteiger partial charge in [0.2, 0.25) is 5.91 Å². The number of nitrogens with one attached hydrogen (secondary N) is 1. The lowest BCUT2D eigenvalue weighted by Gasteiger charge is -2.20. The largest absolute Gasteiger partial charge is 0.396 e. The van der Waals surface area contributed by atoms with E-state index in [-0.39, 0.29) is 12.5 Å². The predicted molar refractivity (Wildman–Crippen MR) is 76.9 cm³/mol. The highest BCUT2D eigenvalue weighted by atomic mass is 19.1. The summed E-state index contributed by atoms with van der Waals surface area (Å²) in [5.74, 6) is -0.649. The minimum Gasteiger partial charge on any atom is -0.396 e. The number of amides is 1. The third kappa shape index (κ3) is 3.44. The molecule has 1 heterocycles. The molecule has 2 rings (SSSR count). The Kier molecular flexibility index (Phi) is 4.14. The zero-order valence-corrected chi connectivity index (χ0v) is 11.0. The molecule has 2 aromatic rings. The summed E-state index contributed by atoms with van der Waals surface area (Å²) in [5.41, 5.74) is 7.42. The zero-order valence-electron chi connectivity index (χ0n) is 11.0. The quantitative estimate of drug-likeness (QED) is 0.893. The monoisotopic (exact) mass is 274 g/mol. The molecule has 3 N–H and O–H groups in total. The highest BCUT2D eigenvalue weighted by Crippen LogP contribution is 2.19. The van der Waals surface area contributed by atoms with Crippen molar-refractivity contribution in [3.8, 4) is 0 Å². The Morgan fingerprint density at radius 2 is 2.25 bits per heavy atom. The first-order valence-electron chi connectivity index (χ1n) is 6.02. The lowest BCUT2D eigenvalue weighted by Crippen LogP contribution is -2.30. The van der Waals surface area contributed by atoms with Crippen LogP contribution in [0.1, 0.15) is 0 Å². The molecule has 0 atom stereocenters. The summed E-state index contributed by atoms with van der Waals surface area (Å²) in [5, 5.41) is 2.63. The lowest BCUT2D eigenvalue weighted by atomic mass is 10.3. The summed E-state index contributed by atoms with van der Waals surface area (Å²) in [4.78, 5) is 17.5. The maximum absolute atomic E-state index is 13.0. The van der Waals surface area contributed by atoms with Crippen LogP contribution in [0.3, 0.4) is 0 Å². The van der Waals surface area contributed by atoms with E-state index >= 15 is 0 Å². The number of carbonyl (C=O) groups excluding carboxylic acids is 1. The first-order chi connectivity index (χ1) is 9.56. The summed E-state index contributed by atoms with van der Waals surface area (Å²) >= 11 is 0. The van der Waals surface area contributed by atoms with Crippen molar-refractivity contribution in [1.29, 1.82) is 0 Å². The first kappa shape index (κ1) is 13.8. The van der Waals surface area contributed by atoms with Gasteiger partial charge in [0.1, 0.15) is 5.82 Å². The summed E-state index contributed by atoms with van der Waals surface area (Å²) in [6.45, 7) is 0.102. The number of aromatic nitrogens is 1. The summed E-state index contributed by atoms with van der Waals surface area (Å²) in [6.07, 6.45) is 3.13. The number of halogens is 1. The van der Waals surface area contributed by atoms with Crippen LogP contribution in [0.5, 0.6) is 0 Å². The van der Waals surface area contributed by atoms with Crippen LogP contribution in [0.2, 0.25) is 0 Å². The smallest absolute Gasteiger partial charge is 0.243 e. The molecule has 0 aliphatic carbocycles. The molecule has 1 amide bonds. The molecule has 20 heavy (non-hydrogen) atoms. The molecule has 1 aromatic heterocycles. The maximum atomic E-state index is 13.0. The van der Waals surface area contributed by atoms with Gasteiger partial charge >= 0.3 is 0 Å². The van der Waals surface area contributed by atoms with Gasteiger partial charge in [-0.25, -0.2) is 4.39 Å². The molecule has 6 heteroatoms. The van der Waals surface area contributed by atoms with Gasteiger partial charge in [-0.3, -0.25) is 9.78 Å². The molecule has 0 radical (unpaired) electrons. The van der Waals surface area contributed by atoms with Crippen molar-refractivity contribution >= 4 is 23.0 Å². The number of nitrogen functional groups attached to an aromatic ring is 1. The first-order valence-corrected chi connectivity index (χ1v) is 6.02. The van der Waals surface area contributed by atoms with Gasteiger partial charge in [-0.2, -0.15) is 0 Å². The van der Waals surface area contributed by atoms with E-state index in [1.165, 1.54) is 24.4 Å². The normalized spacial score (nSPS) is 10.1. The topological polar surface area (TPSA) is 71.2 Å². The molecular weight excluding hydrogens is 259 g/mol. The van der Waals surface area contributed by atoms with Crippen LogP contribution < -0.4 is 16.0 Å². The Hall–Kier alpha value is -2.63. The summed E-state index contributed by atoms with van der Waals surface area (Å²) in [7, 11) is 1.75. The maximum Gasteiger partial charge on any atom is 0.243 e. The number of hydrogen-bond donors (Lipinski definition) is 2. The molecule has 104 valence electrons. The van der Waals surface area contributed by atoms with E-state index in [1.54, 1.807) is 30.3 Å². The van der Waals surface area contributed by atoms with Gasteiger partial charge in [0.05, 0.1) is 24.1 Å². The summed E-state index contributed by atoms with van der Waals surface area (Å²) in [6, 6.07) is 7.47. The minimum absolute atomic E-state index is 0.102. The van der Waals surface area contributed by atoms with Crippen LogP contribution in [0.15, 0.2) is 42.7 Å². The highest BCUT2D eigenvalue weighted by Gasteiger charge is 2.10. The fraction of sp³-hybridized carbons (Fsp3) is 0.143. The molecule has 0 fully saturated rings. The number of nitrogens with zero attached hydrogens (tertiary/aromatic N) is 2. The van der Waals surface area contributed by atoms with Crippen molar-refractivity contribution in [2.24, 2.45) is 0 Å².